The van der Waals surface area contributed by atoms with Gasteiger partial charge in [0.1, 0.15) is 6.33 Å². The summed E-state index contributed by atoms with van der Waals surface area (Å²) in [5.74, 6) is 0.255. The maximum absolute atomic E-state index is 12.9. The van der Waals surface area contributed by atoms with Gasteiger partial charge < -0.3 is 9.64 Å². The highest BCUT2D eigenvalue weighted by atomic mass is 16.5. The lowest BCUT2D eigenvalue weighted by molar-refractivity contribution is 0.0730. The lowest BCUT2D eigenvalue weighted by Crippen LogP contribution is -2.37. The minimum atomic E-state index is 0.0209. The second-order valence-electron chi connectivity index (χ2n) is 6.48. The Kier molecular flexibility index (Phi) is 4.25. The molecule has 7 nitrogen and oxygen atoms in total. The summed E-state index contributed by atoms with van der Waals surface area (Å²) < 4.78 is 5.70. The van der Waals surface area contributed by atoms with Crippen molar-refractivity contribution in [1.29, 1.82) is 0 Å². The molecule has 2 aromatic rings. The molecule has 1 N–H and O–H groups in total. The molecular formula is C17H21N5O2. The summed E-state index contributed by atoms with van der Waals surface area (Å²) in [7, 11) is 0. The fraction of sp³-hybridized carbons (Fsp3) is 0.529. The monoisotopic (exact) mass is 327 g/mol. The minimum Gasteiger partial charge on any atom is -0.379 e. The molecular weight excluding hydrogens is 306 g/mol. The maximum Gasteiger partial charge on any atom is 0.274 e. The average Bonchev–Trinajstić information content (AvgIpc) is 3.14. The van der Waals surface area contributed by atoms with E-state index >= 15 is 0 Å². The Morgan fingerprint density at radius 3 is 3.25 bits per heavy atom. The topological polar surface area (TPSA) is 84.0 Å². The van der Waals surface area contributed by atoms with Crippen LogP contribution in [0.4, 0.5) is 0 Å². The fourth-order valence-electron chi connectivity index (χ4n) is 3.57. The number of ether oxygens (including phenoxy) is 1. The number of nitrogens with one attached hydrogen (secondary N) is 1. The van der Waals surface area contributed by atoms with Crippen LogP contribution in [0.2, 0.25) is 0 Å². The first kappa shape index (κ1) is 15.3. The molecule has 2 aliphatic rings. The third-order valence-corrected chi connectivity index (χ3v) is 4.77. The molecule has 0 unspecified atom stereocenters. The van der Waals surface area contributed by atoms with Gasteiger partial charge in [-0.05, 0) is 31.7 Å². The highest BCUT2D eigenvalue weighted by Gasteiger charge is 2.29. The third-order valence-electron chi connectivity index (χ3n) is 4.77. The van der Waals surface area contributed by atoms with E-state index in [4.69, 9.17) is 4.74 Å². The van der Waals surface area contributed by atoms with Crippen LogP contribution in [0.5, 0.6) is 0 Å². The Hall–Kier alpha value is -2.28. The number of hydrogen-bond donors (Lipinski definition) is 1. The van der Waals surface area contributed by atoms with Crippen molar-refractivity contribution in [2.45, 2.75) is 25.7 Å². The van der Waals surface area contributed by atoms with Crippen LogP contribution in [0, 0.1) is 5.92 Å². The van der Waals surface area contributed by atoms with Gasteiger partial charge in [0, 0.05) is 42.2 Å². The molecule has 1 aliphatic carbocycles. The zero-order chi connectivity index (χ0) is 16.4. The van der Waals surface area contributed by atoms with Gasteiger partial charge in [0.05, 0.1) is 13.2 Å². The van der Waals surface area contributed by atoms with Crippen LogP contribution < -0.4 is 0 Å². The number of fused-ring (bicyclic) bond motifs is 1. The number of aryl methyl sites for hydroxylation is 1. The van der Waals surface area contributed by atoms with Crippen molar-refractivity contribution in [3.8, 4) is 0 Å². The molecule has 1 aliphatic heterocycles. The van der Waals surface area contributed by atoms with Crippen LogP contribution >= 0.6 is 0 Å². The van der Waals surface area contributed by atoms with E-state index in [1.54, 1.807) is 12.5 Å². The van der Waals surface area contributed by atoms with Crippen molar-refractivity contribution < 1.29 is 9.53 Å². The van der Waals surface area contributed by atoms with Gasteiger partial charge in [-0.15, -0.1) is 0 Å². The average molecular weight is 327 g/mol. The minimum absolute atomic E-state index is 0.0209. The van der Waals surface area contributed by atoms with Gasteiger partial charge in [-0.1, -0.05) is 0 Å². The number of rotatable bonds is 3. The Morgan fingerprint density at radius 2 is 2.38 bits per heavy atom. The molecule has 1 saturated heterocycles. The number of carbonyl (C=O) groups excluding carboxylic acids is 1. The van der Waals surface area contributed by atoms with Gasteiger partial charge in [0.15, 0.2) is 5.69 Å². The van der Waals surface area contributed by atoms with E-state index in [9.17, 15) is 4.79 Å². The molecule has 0 spiro atoms. The molecule has 126 valence electrons. The number of carbonyl (C=O) groups is 1. The van der Waals surface area contributed by atoms with E-state index in [2.05, 4.69) is 20.2 Å². The van der Waals surface area contributed by atoms with E-state index in [0.717, 1.165) is 42.6 Å². The van der Waals surface area contributed by atoms with Crippen LogP contribution in [0.1, 0.15) is 33.9 Å². The van der Waals surface area contributed by atoms with Crippen LogP contribution in [0.25, 0.3) is 0 Å². The third kappa shape index (κ3) is 3.03. The molecule has 0 saturated carbocycles. The van der Waals surface area contributed by atoms with Gasteiger partial charge in [-0.2, -0.15) is 5.10 Å². The van der Waals surface area contributed by atoms with E-state index in [1.807, 2.05) is 11.0 Å². The van der Waals surface area contributed by atoms with Crippen LogP contribution in [0.3, 0.4) is 0 Å². The second kappa shape index (κ2) is 6.68. The summed E-state index contributed by atoms with van der Waals surface area (Å²) in [5, 5.41) is 7.30. The summed E-state index contributed by atoms with van der Waals surface area (Å²) in [4.78, 5) is 23.0. The molecule has 2 aromatic heterocycles. The zero-order valence-electron chi connectivity index (χ0n) is 13.6. The summed E-state index contributed by atoms with van der Waals surface area (Å²) >= 11 is 0. The first-order chi connectivity index (χ1) is 11.8. The Labute approximate surface area is 140 Å². The van der Waals surface area contributed by atoms with Crippen molar-refractivity contribution in [2.24, 2.45) is 5.92 Å². The summed E-state index contributed by atoms with van der Waals surface area (Å²) in [6.45, 7) is 2.50. The maximum atomic E-state index is 12.9. The molecule has 1 fully saturated rings. The molecule has 0 bridgehead atoms. The predicted molar refractivity (Wildman–Crippen MR) is 86.6 cm³/mol. The van der Waals surface area contributed by atoms with E-state index < -0.39 is 0 Å². The molecule has 1 amide bonds. The number of aromatic amines is 1. The highest BCUT2D eigenvalue weighted by molar-refractivity contribution is 5.94. The van der Waals surface area contributed by atoms with Gasteiger partial charge >= 0.3 is 0 Å². The van der Waals surface area contributed by atoms with Gasteiger partial charge in [0.25, 0.3) is 5.91 Å². The van der Waals surface area contributed by atoms with Crippen LogP contribution in [0.15, 0.2) is 18.6 Å². The molecule has 24 heavy (non-hydrogen) atoms. The lowest BCUT2D eigenvalue weighted by atomic mass is 10.0. The van der Waals surface area contributed by atoms with Crippen LogP contribution in [-0.4, -0.2) is 57.3 Å². The molecule has 3 heterocycles. The quantitative estimate of drug-likeness (QED) is 0.910. The number of nitrogens with zero attached hydrogens (tertiary/aromatic N) is 4. The molecule has 0 aromatic carbocycles. The highest BCUT2D eigenvalue weighted by Crippen LogP contribution is 2.24. The van der Waals surface area contributed by atoms with Crippen molar-refractivity contribution in [3.63, 3.8) is 0 Å². The largest absolute Gasteiger partial charge is 0.379 e. The van der Waals surface area contributed by atoms with Crippen molar-refractivity contribution in [2.75, 3.05) is 26.3 Å². The summed E-state index contributed by atoms with van der Waals surface area (Å²) in [6, 6.07) is 1.91. The van der Waals surface area contributed by atoms with Gasteiger partial charge in [0.2, 0.25) is 0 Å². The van der Waals surface area contributed by atoms with Crippen LogP contribution in [-0.2, 0) is 24.0 Å². The first-order valence-electron chi connectivity index (χ1n) is 8.49. The number of hydrogen-bond acceptors (Lipinski definition) is 5. The second-order valence-corrected chi connectivity index (χ2v) is 6.48. The number of aromatic nitrogens is 4. The van der Waals surface area contributed by atoms with E-state index in [-0.39, 0.29) is 11.8 Å². The van der Waals surface area contributed by atoms with E-state index in [1.165, 1.54) is 0 Å². The normalized spacial score (nSPS) is 20.7. The molecule has 1 atom stereocenters. The predicted octanol–water partition coefficient (Wildman–Crippen LogP) is 1.02. The first-order valence-corrected chi connectivity index (χ1v) is 8.49. The standard InChI is InChI=1S/C17H21N5O2/c23-17(16-14-2-1-3-15(14)20-21-16)22-6-7-24-10-12(9-22)8-13-4-5-18-11-19-13/h4-5,11-12H,1-3,6-10H2,(H,20,21)/t12-/m1/s1. The van der Waals surface area contributed by atoms with Crippen molar-refractivity contribution in [3.05, 3.63) is 41.2 Å². The zero-order valence-corrected chi connectivity index (χ0v) is 13.6. The fourth-order valence-corrected chi connectivity index (χ4v) is 3.57. The Balaban J connectivity index is 1.48. The number of amides is 1. The Morgan fingerprint density at radius 1 is 1.42 bits per heavy atom. The number of H-pyrrole nitrogens is 1. The van der Waals surface area contributed by atoms with Gasteiger partial charge in [-0.25, -0.2) is 9.97 Å². The summed E-state index contributed by atoms with van der Waals surface area (Å²) in [6.07, 6.45) is 7.13. The SMILES string of the molecule is O=C(c1n[nH]c2c1CCC2)N1CCOC[C@H](Cc2ccncn2)C1. The van der Waals surface area contributed by atoms with Crippen molar-refractivity contribution >= 4 is 5.91 Å². The smallest absolute Gasteiger partial charge is 0.274 e. The lowest BCUT2D eigenvalue weighted by Gasteiger charge is -2.23. The van der Waals surface area contributed by atoms with Crippen molar-refractivity contribution in [1.82, 2.24) is 25.1 Å². The van der Waals surface area contributed by atoms with Gasteiger partial charge in [-0.3, -0.25) is 9.89 Å². The summed E-state index contributed by atoms with van der Waals surface area (Å²) in [5.41, 5.74) is 3.82. The molecule has 0 radical (unpaired) electrons. The molecule has 7 heteroatoms. The molecule has 4 rings (SSSR count). The Bertz CT molecular complexity index is 715. The van der Waals surface area contributed by atoms with E-state index in [0.29, 0.717) is 32.0 Å².